The number of hydrogen-bond acceptors (Lipinski definition) is 5. The van der Waals surface area contributed by atoms with Gasteiger partial charge >= 0.3 is 6.03 Å². The molecule has 2 aliphatic heterocycles. The van der Waals surface area contributed by atoms with Crippen molar-refractivity contribution in [2.45, 2.75) is 39.0 Å². The summed E-state index contributed by atoms with van der Waals surface area (Å²) in [5, 5.41) is 2.65. The average Bonchev–Trinajstić information content (AvgIpc) is 3.16. The van der Waals surface area contributed by atoms with E-state index in [0.29, 0.717) is 30.3 Å². The Morgan fingerprint density at radius 1 is 1.31 bits per heavy atom. The van der Waals surface area contributed by atoms with Gasteiger partial charge in [-0.1, -0.05) is 19.1 Å². The van der Waals surface area contributed by atoms with E-state index in [1.807, 2.05) is 32.0 Å². The predicted molar refractivity (Wildman–Crippen MR) is 94.1 cm³/mol. The fourth-order valence-electron chi connectivity index (χ4n) is 3.29. The first-order valence-corrected chi connectivity index (χ1v) is 8.60. The van der Waals surface area contributed by atoms with Crippen molar-refractivity contribution in [3.05, 3.63) is 47.7 Å². The molecule has 0 aliphatic carbocycles. The van der Waals surface area contributed by atoms with Gasteiger partial charge in [-0.05, 0) is 31.0 Å². The smallest absolute Gasteiger partial charge is 0.329 e. The highest BCUT2D eigenvalue weighted by Gasteiger charge is 2.38. The number of ether oxygens (including phenoxy) is 2. The molecule has 2 aromatic rings. The first-order valence-electron chi connectivity index (χ1n) is 8.60. The Morgan fingerprint density at radius 3 is 2.85 bits per heavy atom. The Labute approximate surface area is 150 Å². The number of carbonyl (C=O) groups is 2. The van der Waals surface area contributed by atoms with Crippen LogP contribution in [0.2, 0.25) is 0 Å². The van der Waals surface area contributed by atoms with Crippen LogP contribution in [0, 0.1) is 0 Å². The first kappa shape index (κ1) is 16.5. The number of amides is 3. The quantitative estimate of drug-likeness (QED) is 0.853. The molecule has 3 amide bonds. The van der Waals surface area contributed by atoms with Gasteiger partial charge in [-0.2, -0.15) is 0 Å². The normalized spacial score (nSPS) is 21.7. The van der Waals surface area contributed by atoms with Gasteiger partial charge in [-0.15, -0.1) is 0 Å². The molecule has 2 aliphatic rings. The van der Waals surface area contributed by atoms with Gasteiger partial charge in [0.2, 0.25) is 5.88 Å². The number of aromatic nitrogens is 1. The number of imide groups is 1. The van der Waals surface area contributed by atoms with Crippen molar-refractivity contribution >= 4 is 17.6 Å². The molecule has 0 spiro atoms. The molecule has 1 aromatic carbocycles. The summed E-state index contributed by atoms with van der Waals surface area (Å²) in [6, 6.07) is 8.21. The topological polar surface area (TPSA) is 80.8 Å². The van der Waals surface area contributed by atoms with Gasteiger partial charge in [0.05, 0.1) is 24.6 Å². The molecule has 4 rings (SSSR count). The number of hydrogen-bond donors (Lipinski definition) is 1. The number of carbonyl (C=O) groups excluding carboxylic acids is 2. The molecule has 0 saturated carbocycles. The number of fused-ring (bicyclic) bond motifs is 1. The van der Waals surface area contributed by atoms with Crippen LogP contribution in [0.5, 0.6) is 11.6 Å². The van der Waals surface area contributed by atoms with Gasteiger partial charge in [0, 0.05) is 11.6 Å². The van der Waals surface area contributed by atoms with Gasteiger partial charge in [0.1, 0.15) is 11.8 Å². The second-order valence-electron chi connectivity index (χ2n) is 6.32. The highest BCUT2D eigenvalue weighted by Crippen LogP contribution is 2.38. The summed E-state index contributed by atoms with van der Waals surface area (Å²) in [5.74, 6) is 0.828. The van der Waals surface area contributed by atoms with Gasteiger partial charge in [0.15, 0.2) is 0 Å². The fourth-order valence-corrected chi connectivity index (χ4v) is 3.29. The lowest BCUT2D eigenvalue weighted by Crippen LogP contribution is -2.31. The van der Waals surface area contributed by atoms with Crippen molar-refractivity contribution in [3.8, 4) is 11.6 Å². The number of pyridine rings is 1. The second kappa shape index (κ2) is 6.42. The van der Waals surface area contributed by atoms with Crippen LogP contribution in [0.1, 0.15) is 37.5 Å². The van der Waals surface area contributed by atoms with Crippen LogP contribution in [-0.2, 0) is 16.1 Å². The Kier molecular flexibility index (Phi) is 4.08. The highest BCUT2D eigenvalue weighted by molar-refractivity contribution is 6.21. The Bertz CT molecular complexity index is 866. The lowest BCUT2D eigenvalue weighted by atomic mass is 10.1. The Morgan fingerprint density at radius 2 is 2.15 bits per heavy atom. The van der Waals surface area contributed by atoms with Crippen LogP contribution in [0.25, 0.3) is 0 Å². The number of rotatable bonds is 4. The van der Waals surface area contributed by atoms with E-state index in [1.165, 1.54) is 6.20 Å². The van der Waals surface area contributed by atoms with Crippen LogP contribution in [0.3, 0.4) is 0 Å². The maximum atomic E-state index is 12.3. The van der Waals surface area contributed by atoms with E-state index in [1.54, 1.807) is 12.1 Å². The minimum Gasteiger partial charge on any atom is -0.439 e. The molecule has 3 heterocycles. The minimum absolute atomic E-state index is 0.0302. The molecule has 1 saturated heterocycles. The van der Waals surface area contributed by atoms with Crippen molar-refractivity contribution in [1.82, 2.24) is 10.3 Å². The van der Waals surface area contributed by atoms with E-state index >= 15 is 0 Å². The summed E-state index contributed by atoms with van der Waals surface area (Å²) in [6.07, 6.45) is 1.99. The second-order valence-corrected chi connectivity index (χ2v) is 6.32. The van der Waals surface area contributed by atoms with Crippen molar-refractivity contribution in [3.63, 3.8) is 0 Å². The van der Waals surface area contributed by atoms with E-state index in [4.69, 9.17) is 9.47 Å². The zero-order valence-corrected chi connectivity index (χ0v) is 14.6. The van der Waals surface area contributed by atoms with Crippen molar-refractivity contribution in [2.24, 2.45) is 0 Å². The average molecular weight is 353 g/mol. The van der Waals surface area contributed by atoms with Gasteiger partial charge in [-0.3, -0.25) is 4.79 Å². The van der Waals surface area contributed by atoms with E-state index in [2.05, 4.69) is 10.3 Å². The molecule has 1 aromatic heterocycles. The molecule has 2 atom stereocenters. The lowest BCUT2D eigenvalue weighted by Gasteiger charge is -2.14. The lowest BCUT2D eigenvalue weighted by molar-refractivity contribution is -0.118. The molecule has 7 heteroatoms. The van der Waals surface area contributed by atoms with E-state index in [-0.39, 0.29) is 12.0 Å². The number of anilines is 1. The molecule has 0 bridgehead atoms. The van der Waals surface area contributed by atoms with E-state index in [0.717, 1.165) is 16.0 Å². The number of nitrogens with one attached hydrogen (secondary N) is 1. The number of urea groups is 1. The van der Waals surface area contributed by atoms with Crippen LogP contribution in [0.4, 0.5) is 10.5 Å². The maximum absolute atomic E-state index is 12.3. The van der Waals surface area contributed by atoms with Crippen LogP contribution in [0.15, 0.2) is 36.5 Å². The summed E-state index contributed by atoms with van der Waals surface area (Å²) in [6.45, 7) is 4.41. The van der Waals surface area contributed by atoms with Crippen LogP contribution >= 0.6 is 0 Å². The number of nitrogens with zero attached hydrogens (tertiary/aromatic N) is 2. The molecule has 26 heavy (non-hydrogen) atoms. The molecule has 2 unspecified atom stereocenters. The minimum atomic E-state index is -0.480. The summed E-state index contributed by atoms with van der Waals surface area (Å²) in [7, 11) is 0. The van der Waals surface area contributed by atoms with Crippen LogP contribution in [-0.4, -0.2) is 23.0 Å². The summed E-state index contributed by atoms with van der Waals surface area (Å²) in [4.78, 5) is 29.6. The summed E-state index contributed by atoms with van der Waals surface area (Å²) < 4.78 is 11.6. The zero-order chi connectivity index (χ0) is 18.3. The third kappa shape index (κ3) is 2.70. The van der Waals surface area contributed by atoms with Gasteiger partial charge in [-0.25, -0.2) is 14.7 Å². The highest BCUT2D eigenvalue weighted by atomic mass is 16.5. The first-order chi connectivity index (χ1) is 12.6. The van der Waals surface area contributed by atoms with Crippen molar-refractivity contribution in [1.29, 1.82) is 0 Å². The predicted octanol–water partition coefficient (Wildman–Crippen LogP) is 3.30. The molecule has 1 N–H and O–H groups in total. The molecule has 1 fully saturated rings. The Hall–Kier alpha value is -2.93. The standard InChI is InChI=1S/C19H19N3O4/c1-3-14-18(23)22(19(24)21-14)13-7-8-16(20-9-13)26-15-6-4-5-12-10-25-11(2)17(12)15/h4-9,11,14H,3,10H2,1-2H3,(H,21,24). The van der Waals surface area contributed by atoms with Gasteiger partial charge in [0.25, 0.3) is 5.91 Å². The zero-order valence-electron chi connectivity index (χ0n) is 14.6. The summed E-state index contributed by atoms with van der Waals surface area (Å²) in [5.41, 5.74) is 2.56. The SMILES string of the molecule is CCC1NC(=O)N(c2ccc(Oc3cccc4c3C(C)OC4)nc2)C1=O. The number of benzene rings is 1. The van der Waals surface area contributed by atoms with Crippen molar-refractivity contribution < 1.29 is 19.1 Å². The molecular formula is C19H19N3O4. The summed E-state index contributed by atoms with van der Waals surface area (Å²) >= 11 is 0. The molecule has 134 valence electrons. The molecule has 7 nitrogen and oxygen atoms in total. The van der Waals surface area contributed by atoms with E-state index < -0.39 is 12.1 Å². The third-order valence-electron chi connectivity index (χ3n) is 4.67. The maximum Gasteiger partial charge on any atom is 0.329 e. The van der Waals surface area contributed by atoms with E-state index in [9.17, 15) is 9.59 Å². The molecule has 0 radical (unpaired) electrons. The van der Waals surface area contributed by atoms with Crippen LogP contribution < -0.4 is 15.0 Å². The monoisotopic (exact) mass is 353 g/mol. The fraction of sp³-hybridized carbons (Fsp3) is 0.316. The largest absolute Gasteiger partial charge is 0.439 e. The molecular weight excluding hydrogens is 334 g/mol. The Balaban J connectivity index is 1.56. The van der Waals surface area contributed by atoms with Gasteiger partial charge < -0.3 is 14.8 Å². The van der Waals surface area contributed by atoms with Crippen molar-refractivity contribution in [2.75, 3.05) is 4.90 Å². The third-order valence-corrected chi connectivity index (χ3v) is 4.67.